The highest BCUT2D eigenvalue weighted by atomic mass is 16.3. The fraction of sp³-hybridized carbons (Fsp3) is 0.783. The summed E-state index contributed by atoms with van der Waals surface area (Å²) in [7, 11) is 3.91. The van der Waals surface area contributed by atoms with Crippen LogP contribution in [0.1, 0.15) is 51.8 Å². The summed E-state index contributed by atoms with van der Waals surface area (Å²) in [5.41, 5.74) is 0.819. The summed E-state index contributed by atoms with van der Waals surface area (Å²) >= 11 is 0. The van der Waals surface area contributed by atoms with Gasteiger partial charge in [-0.3, -0.25) is 19.3 Å². The first kappa shape index (κ1) is 25.5. The van der Waals surface area contributed by atoms with E-state index in [0.29, 0.717) is 32.5 Å². The zero-order chi connectivity index (χ0) is 25.4. The first-order valence-electron chi connectivity index (χ1n) is 12.4. The van der Waals surface area contributed by atoms with Crippen molar-refractivity contribution >= 4 is 17.7 Å². The van der Waals surface area contributed by atoms with Crippen LogP contribution in [-0.4, -0.2) is 116 Å². The number of likely N-dealkylation sites (tertiary alicyclic amines) is 1. The van der Waals surface area contributed by atoms with Gasteiger partial charge in [-0.25, -0.2) is 4.68 Å². The van der Waals surface area contributed by atoms with Crippen LogP contribution in [0, 0.1) is 0 Å². The lowest BCUT2D eigenvalue weighted by molar-refractivity contribution is -0.142. The first-order chi connectivity index (χ1) is 16.5. The van der Waals surface area contributed by atoms with Crippen molar-refractivity contribution in [2.75, 3.05) is 27.2 Å². The van der Waals surface area contributed by atoms with Crippen LogP contribution < -0.4 is 10.6 Å². The normalized spacial score (nSPS) is 32.8. The van der Waals surface area contributed by atoms with Gasteiger partial charge in [0.05, 0.1) is 42.5 Å². The van der Waals surface area contributed by atoms with Gasteiger partial charge < -0.3 is 25.5 Å². The van der Waals surface area contributed by atoms with Crippen molar-refractivity contribution < 1.29 is 19.5 Å². The molecule has 1 aromatic rings. The summed E-state index contributed by atoms with van der Waals surface area (Å²) in [4.78, 5) is 45.5. The molecule has 0 unspecified atom stereocenters. The molecule has 194 valence electrons. The number of aliphatic hydroxyl groups is 1. The summed E-state index contributed by atoms with van der Waals surface area (Å²) in [6.07, 6.45) is 1.62. The Hall–Kier alpha value is -2.57. The Balaban J connectivity index is 1.63. The number of aliphatic hydroxyl groups excluding tert-OH is 1. The zero-order valence-electron chi connectivity index (χ0n) is 21.2. The maximum atomic E-state index is 13.9. The monoisotopic (exact) mass is 490 g/mol. The van der Waals surface area contributed by atoms with Gasteiger partial charge in [-0.15, -0.1) is 5.10 Å². The zero-order valence-corrected chi connectivity index (χ0v) is 21.2. The average molecular weight is 491 g/mol. The number of rotatable bonds is 4. The summed E-state index contributed by atoms with van der Waals surface area (Å²) in [5, 5.41) is 24.9. The molecule has 3 fully saturated rings. The molecule has 1 aromatic heterocycles. The summed E-state index contributed by atoms with van der Waals surface area (Å²) in [6, 6.07) is -2.04. The van der Waals surface area contributed by atoms with E-state index in [0.717, 1.165) is 5.69 Å². The number of hydrogen-bond donors (Lipinski definition) is 3. The van der Waals surface area contributed by atoms with Gasteiger partial charge in [0.25, 0.3) is 0 Å². The maximum absolute atomic E-state index is 13.9. The number of aromatic nitrogens is 3. The van der Waals surface area contributed by atoms with Gasteiger partial charge in [-0.1, -0.05) is 5.21 Å². The molecule has 35 heavy (non-hydrogen) atoms. The Morgan fingerprint density at radius 1 is 1.14 bits per heavy atom. The molecule has 3 N–H and O–H groups in total. The Morgan fingerprint density at radius 2 is 1.89 bits per heavy atom. The summed E-state index contributed by atoms with van der Waals surface area (Å²) < 4.78 is 1.76. The van der Waals surface area contributed by atoms with E-state index < -0.39 is 24.2 Å². The fourth-order valence-electron chi connectivity index (χ4n) is 5.43. The topological polar surface area (TPSA) is 136 Å². The molecule has 0 aliphatic carbocycles. The van der Waals surface area contributed by atoms with Gasteiger partial charge in [-0.2, -0.15) is 0 Å². The van der Waals surface area contributed by atoms with E-state index in [1.165, 1.54) is 0 Å². The molecule has 4 rings (SSSR count). The molecule has 0 aromatic carbocycles. The van der Waals surface area contributed by atoms with E-state index in [1.54, 1.807) is 16.5 Å². The van der Waals surface area contributed by atoms with Crippen molar-refractivity contribution in [3.8, 4) is 0 Å². The number of hydrogen-bond acceptors (Lipinski definition) is 8. The van der Waals surface area contributed by atoms with Gasteiger partial charge in [0.2, 0.25) is 17.7 Å². The second-order valence-corrected chi connectivity index (χ2v) is 10.7. The number of nitrogens with one attached hydrogen (secondary N) is 2. The Morgan fingerprint density at radius 3 is 2.57 bits per heavy atom. The molecular formula is C23H38N8O4. The van der Waals surface area contributed by atoms with Crippen molar-refractivity contribution in [1.82, 2.24) is 40.3 Å². The molecular weight excluding hydrogens is 452 g/mol. The molecule has 4 heterocycles. The quantitative estimate of drug-likeness (QED) is 0.475. The molecule has 3 aliphatic heterocycles. The highest BCUT2D eigenvalue weighted by molar-refractivity contribution is 5.91. The van der Waals surface area contributed by atoms with Crippen LogP contribution in [0.25, 0.3) is 0 Å². The number of carbonyl (C=O) groups is 3. The van der Waals surface area contributed by atoms with E-state index >= 15 is 0 Å². The molecule has 3 aliphatic rings. The summed E-state index contributed by atoms with van der Waals surface area (Å²) in [5.74, 6) is -0.717. The molecule has 3 amide bonds. The van der Waals surface area contributed by atoms with Crippen LogP contribution >= 0.6 is 0 Å². The van der Waals surface area contributed by atoms with Crippen molar-refractivity contribution in [1.29, 1.82) is 0 Å². The number of nitrogens with zero attached hydrogens (tertiary/aromatic N) is 6. The third-order valence-corrected chi connectivity index (χ3v) is 7.27. The van der Waals surface area contributed by atoms with Gasteiger partial charge >= 0.3 is 0 Å². The average Bonchev–Trinajstić information content (AvgIpc) is 3.49. The molecule has 0 spiro atoms. The lowest BCUT2D eigenvalue weighted by Gasteiger charge is -2.33. The minimum atomic E-state index is -1.02. The first-order valence-corrected chi connectivity index (χ1v) is 12.4. The fourth-order valence-corrected chi connectivity index (χ4v) is 5.43. The number of amides is 3. The molecule has 2 bridgehead atoms. The van der Waals surface area contributed by atoms with Crippen molar-refractivity contribution in [2.24, 2.45) is 0 Å². The minimum Gasteiger partial charge on any atom is -0.390 e. The standard InChI is InChI=1S/C23H38N8O4/c1-13(2)29-10-15-6-19(29)23(35)30-12-17(31-11-16(26-27-31)9-28(4)5)7-18(30)22(34)24-14(3)20(32)8-21(33)25-15/h11,13-15,17-20,32H,6-10,12H2,1-5H3,(H,24,34)(H,25,33)/t14-,15+,17-,18-,19-,20-/m0/s1. The number of fused-ring (bicyclic) bond motifs is 3. The Bertz CT molecular complexity index is 950. The SMILES string of the molecule is CC(C)N1C[C@H]2C[C@H]1C(=O)N1C[C@@H](n3cc(CN(C)C)nn3)C[C@H]1C(=O)N[C@@H](C)[C@@H](O)CC(=O)N2. The number of carbonyl (C=O) groups excluding carboxylic acids is 3. The lowest BCUT2D eigenvalue weighted by Crippen LogP contribution is -2.55. The minimum absolute atomic E-state index is 0.0963. The second-order valence-electron chi connectivity index (χ2n) is 10.7. The van der Waals surface area contributed by atoms with Gasteiger partial charge in [0, 0.05) is 38.1 Å². The van der Waals surface area contributed by atoms with Crippen molar-refractivity contribution in [3.63, 3.8) is 0 Å². The highest BCUT2D eigenvalue weighted by Gasteiger charge is 2.47. The molecule has 12 nitrogen and oxygen atoms in total. The van der Waals surface area contributed by atoms with E-state index in [4.69, 9.17) is 0 Å². The molecule has 12 heteroatoms. The highest BCUT2D eigenvalue weighted by Crippen LogP contribution is 2.31. The molecule has 3 saturated heterocycles. The van der Waals surface area contributed by atoms with Crippen molar-refractivity contribution in [2.45, 2.75) is 88.9 Å². The van der Waals surface area contributed by atoms with Crippen molar-refractivity contribution in [3.05, 3.63) is 11.9 Å². The van der Waals surface area contributed by atoms with Gasteiger partial charge in [-0.05, 0) is 41.3 Å². The lowest BCUT2D eigenvalue weighted by atomic mass is 10.1. The van der Waals surface area contributed by atoms with E-state index in [9.17, 15) is 19.5 Å². The van der Waals surface area contributed by atoms with Crippen LogP contribution in [0.2, 0.25) is 0 Å². The van der Waals surface area contributed by atoms with Crippen LogP contribution in [0.15, 0.2) is 6.20 Å². The Labute approximate surface area is 206 Å². The largest absolute Gasteiger partial charge is 0.390 e. The van der Waals surface area contributed by atoms with E-state index in [1.807, 2.05) is 39.0 Å². The van der Waals surface area contributed by atoms with E-state index in [-0.39, 0.29) is 42.3 Å². The predicted molar refractivity (Wildman–Crippen MR) is 127 cm³/mol. The van der Waals surface area contributed by atoms with Gasteiger partial charge in [0.1, 0.15) is 6.04 Å². The molecule has 0 saturated carbocycles. The van der Waals surface area contributed by atoms with Crippen LogP contribution in [-0.2, 0) is 20.9 Å². The maximum Gasteiger partial charge on any atom is 0.243 e. The van der Waals surface area contributed by atoms with Crippen LogP contribution in [0.3, 0.4) is 0 Å². The third kappa shape index (κ3) is 5.49. The molecule has 6 atom stereocenters. The third-order valence-electron chi connectivity index (χ3n) is 7.27. The summed E-state index contributed by atoms with van der Waals surface area (Å²) in [6.45, 7) is 7.27. The van der Waals surface area contributed by atoms with E-state index in [2.05, 4.69) is 25.8 Å². The molecule has 0 radical (unpaired) electrons. The smallest absolute Gasteiger partial charge is 0.243 e. The second kappa shape index (κ2) is 10.2. The van der Waals surface area contributed by atoms with Crippen LogP contribution in [0.5, 0.6) is 0 Å². The van der Waals surface area contributed by atoms with Crippen LogP contribution in [0.4, 0.5) is 0 Å². The Kier molecular flexibility index (Phi) is 7.43. The van der Waals surface area contributed by atoms with Gasteiger partial charge in [0.15, 0.2) is 0 Å². The predicted octanol–water partition coefficient (Wildman–Crippen LogP) is -1.28.